The van der Waals surface area contributed by atoms with Crippen molar-refractivity contribution in [2.75, 3.05) is 24.5 Å². The van der Waals surface area contributed by atoms with E-state index in [0.29, 0.717) is 12.2 Å². The molecule has 0 spiro atoms. The van der Waals surface area contributed by atoms with Crippen LogP contribution in [-0.2, 0) is 17.4 Å². The fraction of sp³-hybridized carbons (Fsp3) is 0.476. The number of nitrogens with one attached hydrogen (secondary N) is 1. The number of alkyl halides is 3. The molecule has 1 aliphatic heterocycles. The van der Waals surface area contributed by atoms with Gasteiger partial charge in [0.15, 0.2) is 5.82 Å². The number of nitrogens with zero attached hydrogens (tertiary/aromatic N) is 3. The van der Waals surface area contributed by atoms with Crippen LogP contribution in [0.25, 0.3) is 11.3 Å². The molecule has 0 bridgehead atoms. The van der Waals surface area contributed by atoms with Gasteiger partial charge in [-0.1, -0.05) is 0 Å². The van der Waals surface area contributed by atoms with E-state index in [1.165, 1.54) is 13.0 Å². The fourth-order valence-electron chi connectivity index (χ4n) is 3.72. The Morgan fingerprint density at radius 1 is 1.27 bits per heavy atom. The molecule has 1 amide bonds. The number of fused-ring (bicyclic) bond motifs is 1. The van der Waals surface area contributed by atoms with Crippen LogP contribution in [0.3, 0.4) is 0 Å². The second-order valence-electron chi connectivity index (χ2n) is 7.49. The standard InChI is InChI=1S/C21H25F3N4O2/c1-13-16-6-5-11-28(10-4-3-9-25-14(2)29)20(16)27-26-19(13)17-8-7-15(12-18(17)30)21(22,23)24/h7-8,12,30H,3-6,9-11H2,1-2H3,(H,25,29). The van der Waals surface area contributed by atoms with E-state index in [1.807, 2.05) is 6.92 Å². The largest absolute Gasteiger partial charge is 0.507 e. The number of amides is 1. The van der Waals surface area contributed by atoms with Crippen molar-refractivity contribution in [2.45, 2.75) is 45.7 Å². The first kappa shape index (κ1) is 21.9. The molecular formula is C21H25F3N4O2. The van der Waals surface area contributed by atoms with Crippen LogP contribution in [0.15, 0.2) is 18.2 Å². The first-order valence-corrected chi connectivity index (χ1v) is 9.94. The maximum absolute atomic E-state index is 12.9. The van der Waals surface area contributed by atoms with Gasteiger partial charge in [-0.05, 0) is 56.4 Å². The van der Waals surface area contributed by atoms with Crippen LogP contribution in [0.2, 0.25) is 0 Å². The maximum Gasteiger partial charge on any atom is 0.416 e. The number of phenols is 1. The van der Waals surface area contributed by atoms with Crippen molar-refractivity contribution in [3.63, 3.8) is 0 Å². The molecule has 1 aromatic heterocycles. The number of unbranched alkanes of at least 4 members (excludes halogenated alkanes) is 1. The molecule has 0 saturated carbocycles. The van der Waals surface area contributed by atoms with Gasteiger partial charge < -0.3 is 15.3 Å². The Morgan fingerprint density at radius 3 is 2.70 bits per heavy atom. The number of aromatic nitrogens is 2. The number of carbonyl (C=O) groups excluding carboxylic acids is 1. The molecule has 0 aliphatic carbocycles. The smallest absolute Gasteiger partial charge is 0.416 e. The van der Waals surface area contributed by atoms with E-state index < -0.39 is 17.5 Å². The van der Waals surface area contributed by atoms with Crippen molar-refractivity contribution in [1.29, 1.82) is 0 Å². The second-order valence-corrected chi connectivity index (χ2v) is 7.49. The third-order valence-electron chi connectivity index (χ3n) is 5.29. The number of hydrogen-bond acceptors (Lipinski definition) is 5. The highest BCUT2D eigenvalue weighted by atomic mass is 19.4. The molecular weight excluding hydrogens is 397 g/mol. The van der Waals surface area contributed by atoms with Crippen LogP contribution in [0.4, 0.5) is 19.0 Å². The number of benzene rings is 1. The summed E-state index contributed by atoms with van der Waals surface area (Å²) in [5, 5.41) is 21.6. The van der Waals surface area contributed by atoms with Gasteiger partial charge in [0.2, 0.25) is 5.91 Å². The third-order valence-corrected chi connectivity index (χ3v) is 5.29. The maximum atomic E-state index is 12.9. The van der Waals surface area contributed by atoms with E-state index in [0.717, 1.165) is 67.9 Å². The second kappa shape index (κ2) is 8.89. The minimum absolute atomic E-state index is 0.0427. The summed E-state index contributed by atoms with van der Waals surface area (Å²) in [5.41, 5.74) is 1.55. The normalized spacial score (nSPS) is 13.8. The van der Waals surface area contributed by atoms with Gasteiger partial charge in [-0.3, -0.25) is 4.79 Å². The zero-order valence-corrected chi connectivity index (χ0v) is 17.0. The predicted molar refractivity (Wildman–Crippen MR) is 107 cm³/mol. The molecule has 1 aliphatic rings. The Labute approximate surface area is 173 Å². The first-order chi connectivity index (χ1) is 14.2. The van der Waals surface area contributed by atoms with Gasteiger partial charge in [-0.25, -0.2) is 0 Å². The lowest BCUT2D eigenvalue weighted by Crippen LogP contribution is -2.32. The van der Waals surface area contributed by atoms with Crippen LogP contribution in [0, 0.1) is 6.92 Å². The minimum Gasteiger partial charge on any atom is -0.507 e. The Kier molecular flexibility index (Phi) is 6.48. The van der Waals surface area contributed by atoms with Crippen molar-refractivity contribution in [2.24, 2.45) is 0 Å². The van der Waals surface area contributed by atoms with E-state index in [9.17, 15) is 23.1 Å². The third kappa shape index (κ3) is 4.83. The van der Waals surface area contributed by atoms with Crippen molar-refractivity contribution >= 4 is 11.7 Å². The highest BCUT2D eigenvalue weighted by Gasteiger charge is 2.31. The molecule has 0 atom stereocenters. The number of carbonyl (C=O) groups is 1. The van der Waals surface area contributed by atoms with Crippen molar-refractivity contribution < 1.29 is 23.1 Å². The van der Waals surface area contributed by atoms with Gasteiger partial charge in [0, 0.05) is 37.7 Å². The average Bonchev–Trinajstić information content (AvgIpc) is 2.68. The van der Waals surface area contributed by atoms with E-state index in [-0.39, 0.29) is 11.5 Å². The van der Waals surface area contributed by atoms with Gasteiger partial charge in [0.25, 0.3) is 0 Å². The van der Waals surface area contributed by atoms with Crippen LogP contribution in [0.1, 0.15) is 42.9 Å². The van der Waals surface area contributed by atoms with Crippen LogP contribution >= 0.6 is 0 Å². The zero-order chi connectivity index (χ0) is 21.9. The summed E-state index contributed by atoms with van der Waals surface area (Å²) in [7, 11) is 0. The Balaban J connectivity index is 1.80. The molecule has 0 unspecified atom stereocenters. The topological polar surface area (TPSA) is 78.4 Å². The summed E-state index contributed by atoms with van der Waals surface area (Å²) in [6.45, 7) is 5.62. The van der Waals surface area contributed by atoms with E-state index >= 15 is 0 Å². The van der Waals surface area contributed by atoms with Gasteiger partial charge in [-0.2, -0.15) is 13.2 Å². The van der Waals surface area contributed by atoms with Gasteiger partial charge >= 0.3 is 6.18 Å². The van der Waals surface area contributed by atoms with Crippen LogP contribution < -0.4 is 10.2 Å². The SMILES string of the molecule is CC(=O)NCCCCN1CCCc2c1nnc(-c1ccc(C(F)(F)F)cc1O)c2C. The van der Waals surface area contributed by atoms with E-state index in [2.05, 4.69) is 20.4 Å². The predicted octanol–water partition coefficient (Wildman–Crippen LogP) is 3.85. The number of phenolic OH excluding ortho intramolecular Hbond substituents is 1. The Hall–Kier alpha value is -2.84. The molecule has 30 heavy (non-hydrogen) atoms. The molecule has 0 fully saturated rings. The molecule has 6 nitrogen and oxygen atoms in total. The van der Waals surface area contributed by atoms with Crippen LogP contribution in [0.5, 0.6) is 5.75 Å². The fourth-order valence-corrected chi connectivity index (χ4v) is 3.72. The van der Waals surface area contributed by atoms with Crippen molar-refractivity contribution in [3.8, 4) is 17.0 Å². The van der Waals surface area contributed by atoms with Crippen molar-refractivity contribution in [3.05, 3.63) is 34.9 Å². The summed E-state index contributed by atoms with van der Waals surface area (Å²) in [5.74, 6) is 0.278. The van der Waals surface area contributed by atoms with Crippen LogP contribution in [-0.4, -0.2) is 40.8 Å². The highest BCUT2D eigenvalue weighted by Crippen LogP contribution is 2.39. The number of aromatic hydroxyl groups is 1. The number of halogens is 3. The number of rotatable bonds is 6. The molecule has 1 aromatic carbocycles. The van der Waals surface area contributed by atoms with E-state index in [1.54, 1.807) is 0 Å². The van der Waals surface area contributed by atoms with Gasteiger partial charge in [0.1, 0.15) is 5.75 Å². The lowest BCUT2D eigenvalue weighted by molar-refractivity contribution is -0.137. The molecule has 3 rings (SSSR count). The average molecular weight is 422 g/mol. The lowest BCUT2D eigenvalue weighted by Gasteiger charge is -2.31. The molecule has 162 valence electrons. The van der Waals surface area contributed by atoms with Crippen molar-refractivity contribution in [1.82, 2.24) is 15.5 Å². The quantitative estimate of drug-likeness (QED) is 0.692. The zero-order valence-electron chi connectivity index (χ0n) is 17.0. The molecule has 2 heterocycles. The number of anilines is 1. The summed E-state index contributed by atoms with van der Waals surface area (Å²) in [6, 6.07) is 2.90. The molecule has 2 aromatic rings. The molecule has 0 saturated heterocycles. The number of hydrogen-bond donors (Lipinski definition) is 2. The highest BCUT2D eigenvalue weighted by molar-refractivity contribution is 5.73. The summed E-state index contributed by atoms with van der Waals surface area (Å²) >= 11 is 0. The first-order valence-electron chi connectivity index (χ1n) is 9.94. The minimum atomic E-state index is -4.52. The summed E-state index contributed by atoms with van der Waals surface area (Å²) in [4.78, 5) is 13.1. The monoisotopic (exact) mass is 422 g/mol. The molecule has 2 N–H and O–H groups in total. The van der Waals surface area contributed by atoms with Gasteiger partial charge in [-0.15, -0.1) is 10.2 Å². The molecule has 0 radical (unpaired) electrons. The van der Waals surface area contributed by atoms with Gasteiger partial charge in [0.05, 0.1) is 11.3 Å². The lowest BCUT2D eigenvalue weighted by atomic mass is 9.96. The van der Waals surface area contributed by atoms with E-state index in [4.69, 9.17) is 0 Å². The Morgan fingerprint density at radius 2 is 2.03 bits per heavy atom. The summed E-state index contributed by atoms with van der Waals surface area (Å²) in [6.07, 6.45) is -1.04. The molecule has 9 heteroatoms. The Bertz CT molecular complexity index is 931. The summed E-state index contributed by atoms with van der Waals surface area (Å²) < 4.78 is 38.6.